The van der Waals surface area contributed by atoms with Crippen LogP contribution in [0.15, 0.2) is 21.9 Å². The van der Waals surface area contributed by atoms with Gasteiger partial charge in [-0.1, -0.05) is 0 Å². The topological polar surface area (TPSA) is 105 Å². The molecule has 0 radical (unpaired) electrons. The number of aromatic nitrogens is 2. The molecule has 1 aromatic heterocycles. The van der Waals surface area contributed by atoms with Crippen molar-refractivity contribution in [3.8, 4) is 0 Å². The Kier molecular flexibility index (Phi) is 3.60. The summed E-state index contributed by atoms with van der Waals surface area (Å²) in [6.07, 6.45) is -2.11. The molecule has 1 aromatic rings. The molecule has 2 heterocycles. The van der Waals surface area contributed by atoms with Gasteiger partial charge in [0, 0.05) is 18.2 Å². The summed E-state index contributed by atoms with van der Waals surface area (Å²) in [5.41, 5.74) is -1.34. The molecule has 18 heavy (non-hydrogen) atoms. The van der Waals surface area contributed by atoms with Crippen molar-refractivity contribution in [2.45, 2.75) is 18.4 Å². The number of hydrogen-bond acceptors (Lipinski definition) is 5. The zero-order valence-corrected chi connectivity index (χ0v) is 9.32. The SMILES string of the molecule is O=c1ccn([C@@H]2O[C@H](CO)[C@@H](CF)[C@@H]2O)c(=O)[nH]1. The average Bonchev–Trinajstić information content (AvgIpc) is 2.66. The first-order chi connectivity index (χ1) is 8.58. The standard InChI is InChI=1S/C10H13FN2O5/c11-3-5-6(4-14)18-9(8(5)16)13-2-1-7(15)12-10(13)17/h1-2,5-6,8-9,14,16H,3-4H2,(H,12,15,17)/t5-,6-,8+,9-/m1/s1. The van der Waals surface area contributed by atoms with Crippen LogP contribution in [-0.2, 0) is 4.74 Å². The number of nitrogens with one attached hydrogen (secondary N) is 1. The van der Waals surface area contributed by atoms with Crippen LogP contribution in [0.5, 0.6) is 0 Å². The number of ether oxygens (including phenoxy) is 1. The molecular formula is C10H13FN2O5. The lowest BCUT2D eigenvalue weighted by atomic mass is 10.0. The Labute approximate surface area is 100 Å². The van der Waals surface area contributed by atoms with Crippen LogP contribution in [0.1, 0.15) is 6.23 Å². The highest BCUT2D eigenvalue weighted by atomic mass is 19.1. The normalized spacial score (nSPS) is 31.7. The molecule has 2 rings (SSSR count). The van der Waals surface area contributed by atoms with Crippen molar-refractivity contribution < 1.29 is 19.3 Å². The Bertz CT molecular complexity index is 527. The van der Waals surface area contributed by atoms with Gasteiger partial charge in [-0.15, -0.1) is 0 Å². The summed E-state index contributed by atoms with van der Waals surface area (Å²) in [7, 11) is 0. The van der Waals surface area contributed by atoms with Gasteiger partial charge in [0.05, 0.1) is 19.4 Å². The zero-order chi connectivity index (χ0) is 13.3. The number of H-pyrrole nitrogens is 1. The van der Waals surface area contributed by atoms with Crippen LogP contribution in [-0.4, -0.2) is 45.3 Å². The van der Waals surface area contributed by atoms with E-state index in [-0.39, 0.29) is 0 Å². The highest BCUT2D eigenvalue weighted by molar-refractivity contribution is 4.92. The molecule has 1 fully saturated rings. The molecule has 1 aliphatic heterocycles. The molecule has 1 aliphatic rings. The lowest BCUT2D eigenvalue weighted by molar-refractivity contribution is -0.0536. The van der Waals surface area contributed by atoms with Crippen molar-refractivity contribution in [3.63, 3.8) is 0 Å². The Morgan fingerprint density at radius 1 is 1.50 bits per heavy atom. The summed E-state index contributed by atoms with van der Waals surface area (Å²) in [5, 5.41) is 18.9. The first-order valence-electron chi connectivity index (χ1n) is 5.40. The second-order valence-electron chi connectivity index (χ2n) is 4.07. The Morgan fingerprint density at radius 3 is 2.72 bits per heavy atom. The number of aliphatic hydroxyl groups excluding tert-OH is 2. The predicted molar refractivity (Wildman–Crippen MR) is 57.8 cm³/mol. The first-order valence-corrected chi connectivity index (χ1v) is 5.40. The van der Waals surface area contributed by atoms with Gasteiger partial charge in [-0.25, -0.2) is 4.79 Å². The minimum Gasteiger partial charge on any atom is -0.394 e. The third-order valence-electron chi connectivity index (χ3n) is 3.01. The Hall–Kier alpha value is -1.51. The quantitative estimate of drug-likeness (QED) is 0.605. The van der Waals surface area contributed by atoms with Gasteiger partial charge in [0.1, 0.15) is 6.10 Å². The zero-order valence-electron chi connectivity index (χ0n) is 9.32. The molecule has 0 spiro atoms. The minimum atomic E-state index is -1.27. The highest BCUT2D eigenvalue weighted by Gasteiger charge is 2.44. The van der Waals surface area contributed by atoms with Crippen molar-refractivity contribution >= 4 is 0 Å². The maximum atomic E-state index is 12.7. The number of aromatic amines is 1. The van der Waals surface area contributed by atoms with Crippen LogP contribution >= 0.6 is 0 Å². The molecule has 0 amide bonds. The molecule has 8 heteroatoms. The smallest absolute Gasteiger partial charge is 0.330 e. The monoisotopic (exact) mass is 260 g/mol. The third kappa shape index (κ3) is 2.09. The van der Waals surface area contributed by atoms with Crippen molar-refractivity contribution in [3.05, 3.63) is 33.1 Å². The maximum absolute atomic E-state index is 12.7. The number of hydrogen-bond donors (Lipinski definition) is 3. The van der Waals surface area contributed by atoms with Crippen LogP contribution in [0, 0.1) is 5.92 Å². The molecule has 0 aliphatic carbocycles. The Morgan fingerprint density at radius 2 is 2.22 bits per heavy atom. The van der Waals surface area contributed by atoms with E-state index in [2.05, 4.69) is 0 Å². The van der Waals surface area contributed by atoms with E-state index in [1.54, 1.807) is 0 Å². The molecule has 1 saturated heterocycles. The molecular weight excluding hydrogens is 247 g/mol. The van der Waals surface area contributed by atoms with Gasteiger partial charge in [0.15, 0.2) is 6.23 Å². The Balaban J connectivity index is 2.34. The van der Waals surface area contributed by atoms with Crippen LogP contribution in [0.25, 0.3) is 0 Å². The van der Waals surface area contributed by atoms with Crippen molar-refractivity contribution in [2.24, 2.45) is 5.92 Å². The molecule has 100 valence electrons. The average molecular weight is 260 g/mol. The van der Waals surface area contributed by atoms with E-state index in [0.717, 1.165) is 16.8 Å². The molecule has 0 saturated carbocycles. The van der Waals surface area contributed by atoms with Gasteiger partial charge < -0.3 is 14.9 Å². The van der Waals surface area contributed by atoms with E-state index in [9.17, 15) is 19.1 Å². The van der Waals surface area contributed by atoms with Gasteiger partial charge >= 0.3 is 5.69 Å². The van der Waals surface area contributed by atoms with E-state index < -0.39 is 48.9 Å². The maximum Gasteiger partial charge on any atom is 0.330 e. The van der Waals surface area contributed by atoms with E-state index >= 15 is 0 Å². The lowest BCUT2D eigenvalue weighted by Gasteiger charge is -2.17. The van der Waals surface area contributed by atoms with Crippen LogP contribution in [0.4, 0.5) is 4.39 Å². The number of alkyl halides is 1. The predicted octanol–water partition coefficient (Wildman–Crippen LogP) is -1.63. The molecule has 7 nitrogen and oxygen atoms in total. The van der Waals surface area contributed by atoms with E-state index in [1.807, 2.05) is 4.98 Å². The fraction of sp³-hybridized carbons (Fsp3) is 0.600. The van der Waals surface area contributed by atoms with E-state index in [0.29, 0.717) is 0 Å². The lowest BCUT2D eigenvalue weighted by Crippen LogP contribution is -2.36. The van der Waals surface area contributed by atoms with Gasteiger partial charge in [0.2, 0.25) is 0 Å². The summed E-state index contributed by atoms with van der Waals surface area (Å²) in [6.45, 7) is -1.33. The van der Waals surface area contributed by atoms with Crippen LogP contribution in [0.2, 0.25) is 0 Å². The molecule has 0 unspecified atom stereocenters. The van der Waals surface area contributed by atoms with E-state index in [1.165, 1.54) is 0 Å². The third-order valence-corrected chi connectivity index (χ3v) is 3.01. The first kappa shape index (κ1) is 12.9. The van der Waals surface area contributed by atoms with Crippen LogP contribution in [0.3, 0.4) is 0 Å². The van der Waals surface area contributed by atoms with Crippen molar-refractivity contribution in [1.29, 1.82) is 0 Å². The summed E-state index contributed by atoms with van der Waals surface area (Å²) < 4.78 is 18.9. The highest BCUT2D eigenvalue weighted by Crippen LogP contribution is 2.33. The largest absolute Gasteiger partial charge is 0.394 e. The van der Waals surface area contributed by atoms with Crippen molar-refractivity contribution in [2.75, 3.05) is 13.3 Å². The number of rotatable bonds is 3. The summed E-state index contributed by atoms with van der Waals surface area (Å²) in [6, 6.07) is 1.09. The van der Waals surface area contributed by atoms with Gasteiger partial charge in [-0.3, -0.25) is 18.7 Å². The van der Waals surface area contributed by atoms with Gasteiger partial charge in [-0.05, 0) is 0 Å². The molecule has 0 aromatic carbocycles. The number of aliphatic hydroxyl groups is 2. The van der Waals surface area contributed by atoms with E-state index in [4.69, 9.17) is 9.84 Å². The number of nitrogens with zero attached hydrogens (tertiary/aromatic N) is 1. The fourth-order valence-electron chi connectivity index (χ4n) is 2.02. The van der Waals surface area contributed by atoms with Gasteiger partial charge in [-0.2, -0.15) is 0 Å². The summed E-state index contributed by atoms with van der Waals surface area (Å²) in [4.78, 5) is 24.4. The minimum absolute atomic E-state index is 0.458. The molecule has 0 bridgehead atoms. The van der Waals surface area contributed by atoms with Crippen LogP contribution < -0.4 is 11.2 Å². The summed E-state index contributed by atoms with van der Waals surface area (Å²) in [5.74, 6) is -0.904. The van der Waals surface area contributed by atoms with Gasteiger partial charge in [0.25, 0.3) is 5.56 Å². The molecule has 4 atom stereocenters. The number of halogens is 1. The fourth-order valence-corrected chi connectivity index (χ4v) is 2.02. The second-order valence-corrected chi connectivity index (χ2v) is 4.07. The molecule has 3 N–H and O–H groups in total. The van der Waals surface area contributed by atoms with Crippen molar-refractivity contribution in [1.82, 2.24) is 9.55 Å². The second kappa shape index (κ2) is 5.01. The summed E-state index contributed by atoms with van der Waals surface area (Å²) >= 11 is 0.